The van der Waals surface area contributed by atoms with Crippen molar-refractivity contribution in [3.05, 3.63) is 24.0 Å². The summed E-state index contributed by atoms with van der Waals surface area (Å²) in [4.78, 5) is 31.4. The van der Waals surface area contributed by atoms with Crippen molar-refractivity contribution < 1.29 is 9.59 Å². The molecule has 6 heteroatoms. The minimum absolute atomic E-state index is 0.0246. The number of nitrogens with zero attached hydrogens (tertiary/aromatic N) is 3. The fourth-order valence-corrected chi connectivity index (χ4v) is 2.01. The summed E-state index contributed by atoms with van der Waals surface area (Å²) in [6, 6.07) is 3.07. The van der Waals surface area contributed by atoms with E-state index in [9.17, 15) is 9.59 Å². The zero-order chi connectivity index (χ0) is 16.0. The minimum atomic E-state index is -0.362. The molecular formula is C15H24N4O2. The third kappa shape index (κ3) is 4.44. The molecule has 21 heavy (non-hydrogen) atoms. The average molecular weight is 292 g/mol. The van der Waals surface area contributed by atoms with Gasteiger partial charge in [-0.25, -0.2) is 0 Å². The number of hydrogen-bond acceptors (Lipinski definition) is 4. The molecule has 0 saturated heterocycles. The molecule has 0 fully saturated rings. The molecule has 1 atom stereocenters. The first-order valence-electron chi connectivity index (χ1n) is 7.13. The molecule has 6 nitrogen and oxygen atoms in total. The molecule has 1 rings (SSSR count). The van der Waals surface area contributed by atoms with Crippen LogP contribution in [0.1, 0.15) is 31.3 Å². The van der Waals surface area contributed by atoms with Crippen molar-refractivity contribution >= 4 is 17.5 Å². The van der Waals surface area contributed by atoms with E-state index in [4.69, 9.17) is 0 Å². The Morgan fingerprint density at radius 3 is 2.43 bits per heavy atom. The molecule has 1 aromatic rings. The highest BCUT2D eigenvalue weighted by Gasteiger charge is 2.17. The van der Waals surface area contributed by atoms with Crippen LogP contribution in [0.3, 0.4) is 0 Å². The molecule has 116 valence electrons. The van der Waals surface area contributed by atoms with Gasteiger partial charge in [0, 0.05) is 39.1 Å². The van der Waals surface area contributed by atoms with E-state index in [0.29, 0.717) is 24.5 Å². The fourth-order valence-electron chi connectivity index (χ4n) is 2.01. The number of aromatic nitrogens is 1. The van der Waals surface area contributed by atoms with E-state index in [1.807, 2.05) is 13.8 Å². The van der Waals surface area contributed by atoms with Crippen LogP contribution in [-0.4, -0.2) is 59.8 Å². The molecule has 0 bridgehead atoms. The average Bonchev–Trinajstić information content (AvgIpc) is 2.47. The summed E-state index contributed by atoms with van der Waals surface area (Å²) < 4.78 is 0. The van der Waals surface area contributed by atoms with Gasteiger partial charge in [-0.05, 0) is 32.9 Å². The van der Waals surface area contributed by atoms with Crippen molar-refractivity contribution in [2.75, 3.05) is 32.5 Å². The molecule has 0 spiro atoms. The van der Waals surface area contributed by atoms with E-state index in [1.54, 1.807) is 44.2 Å². The topological polar surface area (TPSA) is 65.5 Å². The lowest BCUT2D eigenvalue weighted by molar-refractivity contribution is -0.129. The number of carbonyl (C=O) groups excluding carboxylic acids is 2. The molecule has 0 aliphatic rings. The molecular weight excluding hydrogens is 268 g/mol. The second-order valence-corrected chi connectivity index (χ2v) is 5.01. The van der Waals surface area contributed by atoms with E-state index in [2.05, 4.69) is 10.3 Å². The second kappa shape index (κ2) is 7.61. The largest absolute Gasteiger partial charge is 0.374 e. The number of likely N-dealkylation sites (N-methyl/N-ethyl adjacent to an activating group) is 1. The summed E-state index contributed by atoms with van der Waals surface area (Å²) in [5, 5.41) is 3.09. The number of amides is 2. The third-order valence-electron chi connectivity index (χ3n) is 3.22. The lowest BCUT2D eigenvalue weighted by Crippen LogP contribution is -2.36. The molecule has 0 aliphatic heterocycles. The Morgan fingerprint density at radius 2 is 1.90 bits per heavy atom. The summed E-state index contributed by atoms with van der Waals surface area (Å²) in [6.45, 7) is 6.94. The van der Waals surface area contributed by atoms with Gasteiger partial charge >= 0.3 is 0 Å². The number of anilines is 1. The molecule has 0 aromatic carbocycles. The molecule has 0 radical (unpaired) electrons. The maximum Gasteiger partial charge on any atom is 0.272 e. The molecule has 1 unspecified atom stereocenters. The van der Waals surface area contributed by atoms with E-state index in [1.165, 1.54) is 4.90 Å². The van der Waals surface area contributed by atoms with Crippen LogP contribution in [-0.2, 0) is 4.79 Å². The van der Waals surface area contributed by atoms with Gasteiger partial charge in [-0.3, -0.25) is 14.6 Å². The van der Waals surface area contributed by atoms with E-state index >= 15 is 0 Å². The number of hydrogen-bond donors (Lipinski definition) is 1. The number of nitrogens with one attached hydrogen (secondary N) is 1. The van der Waals surface area contributed by atoms with Gasteiger partial charge < -0.3 is 15.1 Å². The Kier molecular flexibility index (Phi) is 6.14. The van der Waals surface area contributed by atoms with Gasteiger partial charge in [0.1, 0.15) is 11.7 Å². The first-order valence-corrected chi connectivity index (χ1v) is 7.13. The first-order chi connectivity index (χ1) is 9.90. The van der Waals surface area contributed by atoms with Crippen LogP contribution >= 0.6 is 0 Å². The SMILES string of the molecule is CCN(CC)C(=O)c1cc(NC(C)C(=O)N(C)C)ccn1. The van der Waals surface area contributed by atoms with Gasteiger partial charge in [-0.2, -0.15) is 0 Å². The lowest BCUT2D eigenvalue weighted by atomic mass is 10.2. The molecule has 1 heterocycles. The Hall–Kier alpha value is -2.11. The van der Waals surface area contributed by atoms with Gasteiger partial charge in [-0.15, -0.1) is 0 Å². The Labute approximate surface area is 126 Å². The van der Waals surface area contributed by atoms with E-state index in [0.717, 1.165) is 0 Å². The predicted octanol–water partition coefficient (Wildman–Crippen LogP) is 1.45. The standard InChI is InChI=1S/C15H24N4O2/c1-6-19(7-2)15(21)13-10-12(8-9-16-13)17-11(3)14(20)18(4)5/h8-11H,6-7H2,1-5H3,(H,16,17). The van der Waals surface area contributed by atoms with Crippen LogP contribution in [0.2, 0.25) is 0 Å². The normalized spacial score (nSPS) is 11.7. The number of rotatable bonds is 6. The number of carbonyl (C=O) groups is 2. The zero-order valence-electron chi connectivity index (χ0n) is 13.4. The first kappa shape index (κ1) is 16.9. The minimum Gasteiger partial charge on any atom is -0.374 e. The second-order valence-electron chi connectivity index (χ2n) is 5.01. The highest BCUT2D eigenvalue weighted by atomic mass is 16.2. The van der Waals surface area contributed by atoms with Crippen molar-refractivity contribution in [2.24, 2.45) is 0 Å². The quantitative estimate of drug-likeness (QED) is 0.862. The Balaban J connectivity index is 2.86. The predicted molar refractivity (Wildman–Crippen MR) is 83.3 cm³/mol. The summed E-state index contributed by atoms with van der Waals surface area (Å²) >= 11 is 0. The maximum absolute atomic E-state index is 12.2. The van der Waals surface area contributed by atoms with Gasteiger partial charge in [0.05, 0.1) is 0 Å². The number of pyridine rings is 1. The molecule has 0 saturated carbocycles. The highest BCUT2D eigenvalue weighted by molar-refractivity contribution is 5.93. The van der Waals surface area contributed by atoms with Crippen LogP contribution in [0, 0.1) is 0 Å². The fraction of sp³-hybridized carbons (Fsp3) is 0.533. The third-order valence-corrected chi connectivity index (χ3v) is 3.22. The molecule has 1 aromatic heterocycles. The van der Waals surface area contributed by atoms with Gasteiger partial charge in [0.2, 0.25) is 5.91 Å². The van der Waals surface area contributed by atoms with E-state index < -0.39 is 0 Å². The van der Waals surface area contributed by atoms with Gasteiger partial charge in [0.25, 0.3) is 5.91 Å². The highest BCUT2D eigenvalue weighted by Crippen LogP contribution is 2.12. The van der Waals surface area contributed by atoms with Crippen LogP contribution in [0.25, 0.3) is 0 Å². The lowest BCUT2D eigenvalue weighted by Gasteiger charge is -2.20. The van der Waals surface area contributed by atoms with Crippen LogP contribution < -0.4 is 5.32 Å². The van der Waals surface area contributed by atoms with Crippen LogP contribution in [0.15, 0.2) is 18.3 Å². The van der Waals surface area contributed by atoms with Crippen LogP contribution in [0.4, 0.5) is 5.69 Å². The van der Waals surface area contributed by atoms with Gasteiger partial charge in [-0.1, -0.05) is 0 Å². The molecule has 0 aliphatic carbocycles. The molecule has 2 amide bonds. The monoisotopic (exact) mass is 292 g/mol. The summed E-state index contributed by atoms with van der Waals surface area (Å²) in [5.41, 5.74) is 1.09. The van der Waals surface area contributed by atoms with Crippen molar-refractivity contribution in [1.29, 1.82) is 0 Å². The smallest absolute Gasteiger partial charge is 0.272 e. The summed E-state index contributed by atoms with van der Waals surface area (Å²) in [6.07, 6.45) is 1.58. The summed E-state index contributed by atoms with van der Waals surface area (Å²) in [7, 11) is 3.42. The van der Waals surface area contributed by atoms with Crippen molar-refractivity contribution in [3.8, 4) is 0 Å². The maximum atomic E-state index is 12.2. The van der Waals surface area contributed by atoms with Crippen molar-refractivity contribution in [3.63, 3.8) is 0 Å². The van der Waals surface area contributed by atoms with Crippen LogP contribution in [0.5, 0.6) is 0 Å². The zero-order valence-corrected chi connectivity index (χ0v) is 13.4. The van der Waals surface area contributed by atoms with Crippen molar-refractivity contribution in [1.82, 2.24) is 14.8 Å². The van der Waals surface area contributed by atoms with Gasteiger partial charge in [0.15, 0.2) is 0 Å². The Morgan fingerprint density at radius 1 is 1.29 bits per heavy atom. The van der Waals surface area contributed by atoms with Crippen molar-refractivity contribution in [2.45, 2.75) is 26.8 Å². The Bertz CT molecular complexity index is 498. The summed E-state index contributed by atoms with van der Waals surface area (Å²) in [5.74, 6) is -0.126. The molecule has 1 N–H and O–H groups in total. The van der Waals surface area contributed by atoms with E-state index in [-0.39, 0.29) is 17.9 Å².